The van der Waals surface area contributed by atoms with Crippen LogP contribution >= 0.6 is 0 Å². The van der Waals surface area contributed by atoms with Crippen molar-refractivity contribution < 1.29 is 13.2 Å². The minimum absolute atomic E-state index is 0.00888. The molecule has 1 aliphatic heterocycles. The van der Waals surface area contributed by atoms with Crippen molar-refractivity contribution in [2.75, 3.05) is 11.9 Å². The Labute approximate surface area is 191 Å². The Kier molecular flexibility index (Phi) is 4.73. The van der Waals surface area contributed by atoms with E-state index >= 15 is 0 Å². The summed E-state index contributed by atoms with van der Waals surface area (Å²) in [6, 6.07) is 7.78. The normalized spacial score (nSPS) is 16.1. The van der Waals surface area contributed by atoms with Crippen LogP contribution in [0.4, 0.5) is 24.8 Å². The van der Waals surface area contributed by atoms with Crippen LogP contribution in [0.15, 0.2) is 41.5 Å². The van der Waals surface area contributed by atoms with Crippen LogP contribution in [0, 0.1) is 0 Å². The molecule has 176 valence electrons. The Bertz CT molecular complexity index is 1450. The molecule has 9 nitrogen and oxygen atoms in total. The highest BCUT2D eigenvalue weighted by atomic mass is 19.4. The molecule has 0 amide bonds. The molecule has 0 saturated heterocycles. The van der Waals surface area contributed by atoms with Crippen molar-refractivity contribution in [3.05, 3.63) is 58.1 Å². The number of alkyl halides is 3. The molecule has 0 atom stereocenters. The zero-order chi connectivity index (χ0) is 23.4. The van der Waals surface area contributed by atoms with Gasteiger partial charge in [0.2, 0.25) is 5.95 Å². The first-order valence-corrected chi connectivity index (χ1v) is 11.1. The number of rotatable bonds is 5. The first-order valence-electron chi connectivity index (χ1n) is 11.1. The van der Waals surface area contributed by atoms with Crippen LogP contribution in [0.2, 0.25) is 0 Å². The van der Waals surface area contributed by atoms with Crippen molar-refractivity contribution in [3.63, 3.8) is 0 Å². The van der Waals surface area contributed by atoms with Gasteiger partial charge in [0.05, 0.1) is 6.04 Å². The van der Waals surface area contributed by atoms with Crippen LogP contribution in [0.5, 0.6) is 0 Å². The molecule has 1 aliphatic carbocycles. The number of nitrogens with one attached hydrogen (secondary N) is 2. The SMILES string of the molecule is O=c1c2cnc(Nc3ccc4c(c3)CNCC4)nc2n(-c2ccn(C3CC3)n2)n1CC(F)(F)F. The Morgan fingerprint density at radius 3 is 2.82 bits per heavy atom. The van der Waals surface area contributed by atoms with Gasteiger partial charge in [-0.1, -0.05) is 6.07 Å². The van der Waals surface area contributed by atoms with Gasteiger partial charge in [-0.2, -0.15) is 23.3 Å². The molecule has 2 aliphatic rings. The predicted molar refractivity (Wildman–Crippen MR) is 118 cm³/mol. The van der Waals surface area contributed by atoms with Gasteiger partial charge in [-0.15, -0.1) is 0 Å². The molecule has 6 rings (SSSR count). The third-order valence-corrected chi connectivity index (χ3v) is 6.09. The number of aromatic nitrogens is 6. The molecule has 12 heteroatoms. The molecular formula is C22H21F3N8O. The second-order valence-electron chi connectivity index (χ2n) is 8.64. The first kappa shape index (κ1) is 20.9. The van der Waals surface area contributed by atoms with Crippen molar-refractivity contribution in [1.29, 1.82) is 0 Å². The fourth-order valence-electron chi connectivity index (χ4n) is 4.30. The van der Waals surface area contributed by atoms with E-state index in [2.05, 4.69) is 25.7 Å². The Morgan fingerprint density at radius 1 is 1.18 bits per heavy atom. The van der Waals surface area contributed by atoms with Crippen molar-refractivity contribution in [2.24, 2.45) is 0 Å². The summed E-state index contributed by atoms with van der Waals surface area (Å²) < 4.78 is 43.5. The fourth-order valence-corrected chi connectivity index (χ4v) is 4.30. The molecule has 1 aromatic carbocycles. The van der Waals surface area contributed by atoms with E-state index in [4.69, 9.17) is 0 Å². The maximum Gasteiger partial charge on any atom is 0.408 e. The third kappa shape index (κ3) is 3.83. The number of benzene rings is 1. The van der Waals surface area contributed by atoms with E-state index < -0.39 is 18.3 Å². The molecule has 4 aromatic rings. The molecular weight excluding hydrogens is 449 g/mol. The molecule has 34 heavy (non-hydrogen) atoms. The fraction of sp³-hybridized carbons (Fsp3) is 0.364. The van der Waals surface area contributed by atoms with E-state index in [1.54, 1.807) is 16.9 Å². The van der Waals surface area contributed by atoms with Crippen LogP contribution < -0.4 is 16.2 Å². The maximum atomic E-state index is 13.3. The molecule has 0 radical (unpaired) electrons. The van der Waals surface area contributed by atoms with Gasteiger partial charge < -0.3 is 10.6 Å². The van der Waals surface area contributed by atoms with Crippen LogP contribution in [0.25, 0.3) is 16.9 Å². The number of fused-ring (bicyclic) bond motifs is 2. The summed E-state index contributed by atoms with van der Waals surface area (Å²) in [5.74, 6) is 0.378. The predicted octanol–water partition coefficient (Wildman–Crippen LogP) is 3.07. The quantitative estimate of drug-likeness (QED) is 0.466. The topological polar surface area (TPSA) is 94.6 Å². The van der Waals surface area contributed by atoms with Crippen LogP contribution in [0.1, 0.15) is 30.0 Å². The molecule has 2 N–H and O–H groups in total. The lowest BCUT2D eigenvalue weighted by Crippen LogP contribution is -2.30. The molecule has 3 aromatic heterocycles. The van der Waals surface area contributed by atoms with Gasteiger partial charge >= 0.3 is 6.18 Å². The van der Waals surface area contributed by atoms with Gasteiger partial charge in [0, 0.05) is 30.7 Å². The summed E-state index contributed by atoms with van der Waals surface area (Å²) in [6.07, 6.45) is 1.26. The van der Waals surface area contributed by atoms with Gasteiger partial charge in [-0.25, -0.2) is 14.3 Å². The van der Waals surface area contributed by atoms with E-state index in [9.17, 15) is 18.0 Å². The minimum atomic E-state index is -4.60. The van der Waals surface area contributed by atoms with E-state index in [1.165, 1.54) is 11.8 Å². The molecule has 4 heterocycles. The van der Waals surface area contributed by atoms with Crippen LogP contribution in [-0.2, 0) is 19.5 Å². The summed E-state index contributed by atoms with van der Waals surface area (Å²) in [7, 11) is 0. The standard InChI is InChI=1S/C22H21F3N8O/c23-22(24,25)12-32-20(34)17-11-27-21(28-15-2-1-13-5-7-26-10-14(13)9-15)29-19(17)33(32)18-6-8-31(30-18)16-3-4-16/h1-2,6,8-9,11,16,26H,3-5,7,10,12H2,(H,27,28,29). The Balaban J connectivity index is 1.44. The first-order chi connectivity index (χ1) is 16.4. The van der Waals surface area contributed by atoms with Gasteiger partial charge in [0.1, 0.15) is 11.9 Å². The second kappa shape index (κ2) is 7.69. The summed E-state index contributed by atoms with van der Waals surface area (Å²) >= 11 is 0. The summed E-state index contributed by atoms with van der Waals surface area (Å²) in [5, 5.41) is 10.9. The highest BCUT2D eigenvalue weighted by molar-refractivity contribution is 5.77. The third-order valence-electron chi connectivity index (χ3n) is 6.09. The highest BCUT2D eigenvalue weighted by Crippen LogP contribution is 2.34. The smallest absolute Gasteiger partial charge is 0.324 e. The van der Waals surface area contributed by atoms with Crippen molar-refractivity contribution >= 4 is 22.7 Å². The van der Waals surface area contributed by atoms with E-state index in [0.29, 0.717) is 4.68 Å². The number of hydrogen-bond donors (Lipinski definition) is 2. The average Bonchev–Trinajstić information content (AvgIpc) is 3.49. The largest absolute Gasteiger partial charge is 0.408 e. The molecule has 1 fully saturated rings. The number of anilines is 2. The summed E-state index contributed by atoms with van der Waals surface area (Å²) in [5.41, 5.74) is 2.43. The summed E-state index contributed by atoms with van der Waals surface area (Å²) in [6.45, 7) is 0.232. The molecule has 1 saturated carbocycles. The second-order valence-corrected chi connectivity index (χ2v) is 8.64. The van der Waals surface area contributed by atoms with Crippen LogP contribution in [-0.4, -0.2) is 41.8 Å². The van der Waals surface area contributed by atoms with Gasteiger partial charge in [0.25, 0.3) is 5.56 Å². The lowest BCUT2D eigenvalue weighted by molar-refractivity contribution is -0.144. The number of halogens is 3. The summed E-state index contributed by atoms with van der Waals surface area (Å²) in [4.78, 5) is 21.5. The zero-order valence-corrected chi connectivity index (χ0v) is 18.0. The lowest BCUT2D eigenvalue weighted by Gasteiger charge is -2.18. The Hall–Kier alpha value is -3.67. The molecule has 0 bridgehead atoms. The number of hydrogen-bond acceptors (Lipinski definition) is 6. The number of nitrogens with zero attached hydrogens (tertiary/aromatic N) is 6. The lowest BCUT2D eigenvalue weighted by atomic mass is 10.0. The van der Waals surface area contributed by atoms with Gasteiger partial charge in [-0.05, 0) is 49.1 Å². The Morgan fingerprint density at radius 2 is 2.03 bits per heavy atom. The van der Waals surface area contributed by atoms with Crippen molar-refractivity contribution in [1.82, 2.24) is 34.4 Å². The van der Waals surface area contributed by atoms with E-state index in [1.807, 2.05) is 18.2 Å². The van der Waals surface area contributed by atoms with Gasteiger partial charge in [0.15, 0.2) is 11.5 Å². The van der Waals surface area contributed by atoms with Crippen LogP contribution in [0.3, 0.4) is 0 Å². The maximum absolute atomic E-state index is 13.3. The minimum Gasteiger partial charge on any atom is -0.324 e. The van der Waals surface area contributed by atoms with Gasteiger partial charge in [-0.3, -0.25) is 9.48 Å². The average molecular weight is 470 g/mol. The molecule has 0 unspecified atom stereocenters. The van der Waals surface area contributed by atoms with E-state index in [0.717, 1.165) is 48.3 Å². The monoisotopic (exact) mass is 470 g/mol. The highest BCUT2D eigenvalue weighted by Gasteiger charge is 2.33. The molecule has 0 spiro atoms. The van der Waals surface area contributed by atoms with E-state index in [-0.39, 0.29) is 28.8 Å². The van der Waals surface area contributed by atoms with Crippen molar-refractivity contribution in [2.45, 2.75) is 44.6 Å². The zero-order valence-electron chi connectivity index (χ0n) is 18.0. The van der Waals surface area contributed by atoms with Crippen molar-refractivity contribution in [3.8, 4) is 5.82 Å².